The molecule has 1 atom stereocenters. The van der Waals surface area contributed by atoms with E-state index >= 15 is 0 Å². The molecule has 0 amide bonds. The molecule has 0 aliphatic carbocycles. The Morgan fingerprint density at radius 1 is 1.50 bits per heavy atom. The lowest BCUT2D eigenvalue weighted by molar-refractivity contribution is 0.0277. The Morgan fingerprint density at radius 2 is 2.36 bits per heavy atom. The average molecular weight is 214 g/mol. The summed E-state index contributed by atoms with van der Waals surface area (Å²) < 4.78 is 5.56. The van der Waals surface area contributed by atoms with Crippen LogP contribution in [-0.4, -0.2) is 24.8 Å². The van der Waals surface area contributed by atoms with Gasteiger partial charge in [-0.15, -0.1) is 0 Å². The monoisotopic (exact) mass is 213 g/mol. The van der Waals surface area contributed by atoms with Crippen LogP contribution >= 0.6 is 11.6 Å². The minimum Gasteiger partial charge on any atom is -0.508 e. The van der Waals surface area contributed by atoms with Crippen LogP contribution in [0.1, 0.15) is 11.7 Å². The molecule has 1 heterocycles. The molecular weight excluding hydrogens is 202 g/mol. The lowest BCUT2D eigenvalue weighted by Gasteiger charge is -2.24. The lowest BCUT2D eigenvalue weighted by atomic mass is 10.1. The summed E-state index contributed by atoms with van der Waals surface area (Å²) in [4.78, 5) is 0. The minimum absolute atomic E-state index is 0.00292. The van der Waals surface area contributed by atoms with Crippen LogP contribution in [0.3, 0.4) is 0 Å². The first-order valence-electron chi connectivity index (χ1n) is 4.58. The van der Waals surface area contributed by atoms with Crippen molar-refractivity contribution in [3.05, 3.63) is 28.8 Å². The molecule has 3 nitrogen and oxygen atoms in total. The predicted octanol–water partition coefficient (Wildman–Crippen LogP) is 1.71. The summed E-state index contributed by atoms with van der Waals surface area (Å²) in [5, 5.41) is 13.0. The first-order valence-corrected chi connectivity index (χ1v) is 4.96. The van der Waals surface area contributed by atoms with Crippen LogP contribution < -0.4 is 5.32 Å². The lowest BCUT2D eigenvalue weighted by Crippen LogP contribution is -2.33. The summed E-state index contributed by atoms with van der Waals surface area (Å²) in [6.45, 7) is 2.35. The molecule has 1 aromatic carbocycles. The molecule has 0 radical (unpaired) electrons. The van der Waals surface area contributed by atoms with Crippen LogP contribution in [0.25, 0.3) is 0 Å². The summed E-state index contributed by atoms with van der Waals surface area (Å²) in [5.74, 6) is 0.183. The number of phenols is 1. The molecule has 2 rings (SSSR count). The average Bonchev–Trinajstić information content (AvgIpc) is 2.19. The van der Waals surface area contributed by atoms with E-state index in [1.165, 1.54) is 6.07 Å². The van der Waals surface area contributed by atoms with Gasteiger partial charge in [0.2, 0.25) is 0 Å². The van der Waals surface area contributed by atoms with Crippen molar-refractivity contribution in [2.75, 3.05) is 19.7 Å². The molecule has 1 aromatic rings. The number of hydrogen-bond donors (Lipinski definition) is 2. The van der Waals surface area contributed by atoms with Crippen LogP contribution in [-0.2, 0) is 4.74 Å². The summed E-state index contributed by atoms with van der Waals surface area (Å²) >= 11 is 6.00. The van der Waals surface area contributed by atoms with Gasteiger partial charge in [-0.25, -0.2) is 0 Å². The molecule has 1 aliphatic heterocycles. The smallest absolute Gasteiger partial charge is 0.117 e. The zero-order valence-corrected chi connectivity index (χ0v) is 8.42. The van der Waals surface area contributed by atoms with E-state index in [1.54, 1.807) is 12.1 Å². The Kier molecular flexibility index (Phi) is 2.91. The molecule has 1 unspecified atom stereocenters. The molecule has 0 saturated carbocycles. The predicted molar refractivity (Wildman–Crippen MR) is 54.7 cm³/mol. The number of ether oxygens (including phenoxy) is 1. The van der Waals surface area contributed by atoms with Crippen LogP contribution in [0.2, 0.25) is 5.02 Å². The highest BCUT2D eigenvalue weighted by Crippen LogP contribution is 2.29. The first kappa shape index (κ1) is 9.77. The first-order chi connectivity index (χ1) is 6.77. The number of hydrogen-bond acceptors (Lipinski definition) is 3. The summed E-state index contributed by atoms with van der Waals surface area (Å²) in [6, 6.07) is 4.96. The number of rotatable bonds is 1. The molecule has 0 spiro atoms. The molecule has 0 bridgehead atoms. The third-order valence-electron chi connectivity index (χ3n) is 2.26. The summed E-state index contributed by atoms with van der Waals surface area (Å²) in [7, 11) is 0. The van der Waals surface area contributed by atoms with Crippen LogP contribution in [0, 0.1) is 0 Å². The Morgan fingerprint density at radius 3 is 3.00 bits per heavy atom. The second-order valence-corrected chi connectivity index (χ2v) is 3.68. The van der Waals surface area contributed by atoms with Gasteiger partial charge in [0.05, 0.1) is 17.7 Å². The van der Waals surface area contributed by atoms with Gasteiger partial charge in [-0.3, -0.25) is 0 Å². The number of nitrogens with one attached hydrogen (secondary N) is 1. The molecule has 4 heteroatoms. The van der Waals surface area contributed by atoms with Gasteiger partial charge in [-0.05, 0) is 12.1 Å². The third kappa shape index (κ3) is 2.00. The summed E-state index contributed by atoms with van der Waals surface area (Å²) in [6.07, 6.45) is -0.00292. The van der Waals surface area contributed by atoms with Gasteiger partial charge in [-0.1, -0.05) is 17.7 Å². The van der Waals surface area contributed by atoms with Gasteiger partial charge in [-0.2, -0.15) is 0 Å². The van der Waals surface area contributed by atoms with E-state index in [1.807, 2.05) is 0 Å². The van der Waals surface area contributed by atoms with Crippen LogP contribution in [0.5, 0.6) is 5.75 Å². The fourth-order valence-electron chi connectivity index (χ4n) is 1.54. The standard InChI is InChI=1S/C10H12ClNO2/c11-9-5-7(13)1-2-8(9)10-6-12-3-4-14-10/h1-2,5,10,12-13H,3-4,6H2. The van der Waals surface area contributed by atoms with E-state index in [9.17, 15) is 5.11 Å². The largest absolute Gasteiger partial charge is 0.508 e. The van der Waals surface area contributed by atoms with Gasteiger partial charge in [0.1, 0.15) is 5.75 Å². The Hall–Kier alpha value is -0.770. The SMILES string of the molecule is Oc1ccc(C2CNCCO2)c(Cl)c1. The molecule has 76 valence electrons. The van der Waals surface area contributed by atoms with Crippen LogP contribution in [0.4, 0.5) is 0 Å². The highest BCUT2D eigenvalue weighted by atomic mass is 35.5. The number of halogens is 1. The van der Waals surface area contributed by atoms with E-state index in [-0.39, 0.29) is 11.9 Å². The van der Waals surface area contributed by atoms with Crippen molar-refractivity contribution in [1.29, 1.82) is 0 Å². The van der Waals surface area contributed by atoms with Crippen molar-refractivity contribution in [3.63, 3.8) is 0 Å². The maximum Gasteiger partial charge on any atom is 0.117 e. The number of morpholine rings is 1. The topological polar surface area (TPSA) is 41.5 Å². The number of benzene rings is 1. The van der Waals surface area contributed by atoms with Crippen molar-refractivity contribution < 1.29 is 9.84 Å². The quantitative estimate of drug-likeness (QED) is 0.746. The van der Waals surface area contributed by atoms with Gasteiger partial charge in [0, 0.05) is 18.7 Å². The minimum atomic E-state index is -0.00292. The van der Waals surface area contributed by atoms with E-state index in [2.05, 4.69) is 5.32 Å². The Bertz CT molecular complexity index is 324. The third-order valence-corrected chi connectivity index (χ3v) is 2.59. The van der Waals surface area contributed by atoms with Crippen molar-refractivity contribution >= 4 is 11.6 Å². The fourth-order valence-corrected chi connectivity index (χ4v) is 1.84. The zero-order chi connectivity index (χ0) is 9.97. The summed E-state index contributed by atoms with van der Waals surface area (Å²) in [5.41, 5.74) is 0.927. The van der Waals surface area contributed by atoms with Gasteiger partial charge < -0.3 is 15.2 Å². The Balaban J connectivity index is 2.22. The van der Waals surface area contributed by atoms with E-state index in [0.29, 0.717) is 11.6 Å². The molecule has 14 heavy (non-hydrogen) atoms. The number of aromatic hydroxyl groups is 1. The molecule has 1 fully saturated rings. The number of phenolic OH excluding ortho intramolecular Hbond substituents is 1. The maximum absolute atomic E-state index is 9.19. The second-order valence-electron chi connectivity index (χ2n) is 3.27. The van der Waals surface area contributed by atoms with E-state index in [0.717, 1.165) is 18.7 Å². The molecule has 1 saturated heterocycles. The van der Waals surface area contributed by atoms with E-state index in [4.69, 9.17) is 16.3 Å². The normalized spacial score (nSPS) is 22.2. The van der Waals surface area contributed by atoms with Gasteiger partial charge >= 0.3 is 0 Å². The van der Waals surface area contributed by atoms with Crippen LogP contribution in [0.15, 0.2) is 18.2 Å². The van der Waals surface area contributed by atoms with E-state index < -0.39 is 0 Å². The van der Waals surface area contributed by atoms with Gasteiger partial charge in [0.15, 0.2) is 0 Å². The maximum atomic E-state index is 9.19. The molecule has 0 aromatic heterocycles. The fraction of sp³-hybridized carbons (Fsp3) is 0.400. The highest BCUT2D eigenvalue weighted by molar-refractivity contribution is 6.31. The molecule has 2 N–H and O–H groups in total. The van der Waals surface area contributed by atoms with Crippen molar-refractivity contribution in [2.45, 2.75) is 6.10 Å². The molecular formula is C10H12ClNO2. The Labute approximate surface area is 87.6 Å². The zero-order valence-electron chi connectivity index (χ0n) is 7.66. The van der Waals surface area contributed by atoms with Crippen molar-refractivity contribution in [2.24, 2.45) is 0 Å². The molecule has 1 aliphatic rings. The second kappa shape index (κ2) is 4.17. The van der Waals surface area contributed by atoms with Crippen molar-refractivity contribution in [3.8, 4) is 5.75 Å². The van der Waals surface area contributed by atoms with Crippen molar-refractivity contribution in [1.82, 2.24) is 5.32 Å². The van der Waals surface area contributed by atoms with Gasteiger partial charge in [0.25, 0.3) is 0 Å². The highest BCUT2D eigenvalue weighted by Gasteiger charge is 2.18.